The number of nitrogens with one attached hydrogen (secondary N) is 1. The molecular formula is C16H19NOS. The van der Waals surface area contributed by atoms with Crippen LogP contribution in [0.3, 0.4) is 0 Å². The van der Waals surface area contributed by atoms with Crippen molar-refractivity contribution in [2.45, 2.75) is 38.5 Å². The summed E-state index contributed by atoms with van der Waals surface area (Å²) in [4.78, 5) is 0. The average Bonchev–Trinajstić information content (AvgIpc) is 2.67. The van der Waals surface area contributed by atoms with Crippen molar-refractivity contribution in [1.29, 1.82) is 0 Å². The zero-order valence-electron chi connectivity index (χ0n) is 11.8. The second-order valence-corrected chi connectivity index (χ2v) is 7.18. The maximum atomic E-state index is 5.90. The van der Waals surface area contributed by atoms with Gasteiger partial charge in [-0.15, -0.1) is 6.42 Å². The molecule has 3 heteroatoms. The number of aryl methyl sites for hydroxylation is 1. The van der Waals surface area contributed by atoms with Gasteiger partial charge in [-0.2, -0.15) is 0 Å². The minimum atomic E-state index is -0.211. The van der Waals surface area contributed by atoms with Gasteiger partial charge in [0.2, 0.25) is 0 Å². The number of hydrogen-bond acceptors (Lipinski definition) is 3. The molecule has 1 heterocycles. The molecular weight excluding hydrogens is 254 g/mol. The van der Waals surface area contributed by atoms with Crippen LogP contribution in [0, 0.1) is 19.3 Å². The van der Waals surface area contributed by atoms with Crippen LogP contribution in [0.2, 0.25) is 0 Å². The molecule has 0 bridgehead atoms. The van der Waals surface area contributed by atoms with Crippen molar-refractivity contribution in [1.82, 2.24) is 4.72 Å². The monoisotopic (exact) mass is 273 g/mol. The van der Waals surface area contributed by atoms with E-state index in [2.05, 4.69) is 44.4 Å². The van der Waals surface area contributed by atoms with Gasteiger partial charge in [0.1, 0.15) is 17.4 Å². The Labute approximate surface area is 119 Å². The lowest BCUT2D eigenvalue weighted by Gasteiger charge is -2.20. The predicted octanol–water partition coefficient (Wildman–Crippen LogP) is 4.45. The van der Waals surface area contributed by atoms with Crippen LogP contribution in [0.4, 0.5) is 0 Å². The average molecular weight is 273 g/mol. The summed E-state index contributed by atoms with van der Waals surface area (Å²) in [5.41, 5.74) is 2.00. The molecule has 0 amide bonds. The molecule has 0 radical (unpaired) electrons. The van der Waals surface area contributed by atoms with E-state index in [0.29, 0.717) is 0 Å². The Morgan fingerprint density at radius 1 is 1.32 bits per heavy atom. The number of terminal acetylenes is 1. The van der Waals surface area contributed by atoms with Crippen LogP contribution < -0.4 is 4.72 Å². The maximum absolute atomic E-state index is 5.90. The van der Waals surface area contributed by atoms with Gasteiger partial charge >= 0.3 is 0 Å². The van der Waals surface area contributed by atoms with Gasteiger partial charge in [-0.3, -0.25) is 0 Å². The summed E-state index contributed by atoms with van der Waals surface area (Å²) in [6.45, 7) is 8.48. The highest BCUT2D eigenvalue weighted by Gasteiger charge is 2.20. The van der Waals surface area contributed by atoms with Crippen molar-refractivity contribution in [3.05, 3.63) is 35.6 Å². The van der Waals surface area contributed by atoms with Crippen LogP contribution in [0.5, 0.6) is 0 Å². The molecule has 100 valence electrons. The van der Waals surface area contributed by atoms with Crippen LogP contribution in [-0.2, 0) is 0 Å². The topological polar surface area (TPSA) is 25.2 Å². The minimum absolute atomic E-state index is 0.106. The Bertz CT molecular complexity index is 616. The fourth-order valence-corrected chi connectivity index (χ4v) is 2.51. The van der Waals surface area contributed by atoms with Crippen LogP contribution in [-0.4, -0.2) is 4.75 Å². The highest BCUT2D eigenvalue weighted by Crippen LogP contribution is 2.31. The minimum Gasteiger partial charge on any atom is -0.458 e. The molecule has 0 unspecified atom stereocenters. The largest absolute Gasteiger partial charge is 0.458 e. The van der Waals surface area contributed by atoms with Gasteiger partial charge in [0.05, 0.1) is 0 Å². The fraction of sp³-hybridized carbons (Fsp3) is 0.375. The quantitative estimate of drug-likeness (QED) is 0.660. The third-order valence-electron chi connectivity index (χ3n) is 2.79. The molecule has 2 rings (SSSR count). The summed E-state index contributed by atoms with van der Waals surface area (Å²) >= 11 is 1.63. The lowest BCUT2D eigenvalue weighted by atomic mass is 10.1. The van der Waals surface area contributed by atoms with Crippen molar-refractivity contribution < 1.29 is 4.42 Å². The Morgan fingerprint density at radius 3 is 2.58 bits per heavy atom. The van der Waals surface area contributed by atoms with Crippen molar-refractivity contribution in [3.8, 4) is 12.3 Å². The first-order chi connectivity index (χ1) is 8.92. The fourth-order valence-electron chi connectivity index (χ4n) is 1.87. The molecule has 0 fully saturated rings. The normalized spacial score (nSPS) is 13.4. The molecule has 0 aliphatic heterocycles. The van der Waals surface area contributed by atoms with E-state index < -0.39 is 0 Å². The summed E-state index contributed by atoms with van der Waals surface area (Å²) in [6, 6.07) is 7.80. The maximum Gasteiger partial charge on any atom is 0.138 e. The van der Waals surface area contributed by atoms with Gasteiger partial charge in [-0.1, -0.05) is 36.1 Å². The van der Waals surface area contributed by atoms with E-state index in [1.54, 1.807) is 11.9 Å². The van der Waals surface area contributed by atoms with Crippen LogP contribution in [0.1, 0.15) is 38.1 Å². The molecule has 2 aromatic rings. The van der Waals surface area contributed by atoms with Crippen molar-refractivity contribution in [2.75, 3.05) is 0 Å². The third kappa shape index (κ3) is 3.15. The van der Waals surface area contributed by atoms with E-state index in [4.69, 9.17) is 10.8 Å². The smallest absolute Gasteiger partial charge is 0.138 e. The lowest BCUT2D eigenvalue weighted by molar-refractivity contribution is 0.521. The van der Waals surface area contributed by atoms with Gasteiger partial charge in [-0.05, 0) is 33.8 Å². The number of rotatable bonds is 3. The Balaban J connectivity index is 2.31. The van der Waals surface area contributed by atoms with E-state index >= 15 is 0 Å². The third-order valence-corrected chi connectivity index (χ3v) is 3.76. The standard InChI is InChI=1S/C16H19NOS/c1-6-13(17-19-16(3,4)5)15-11(2)12-9-7-8-10-14(12)18-15/h1,7-10,13,17H,2-5H3/t13-/m1/s1. The van der Waals surface area contributed by atoms with Gasteiger partial charge in [0, 0.05) is 15.7 Å². The van der Waals surface area contributed by atoms with E-state index in [-0.39, 0.29) is 10.8 Å². The second kappa shape index (κ2) is 5.32. The molecule has 1 N–H and O–H groups in total. The summed E-state index contributed by atoms with van der Waals surface area (Å²) in [6.07, 6.45) is 5.64. The van der Waals surface area contributed by atoms with Gasteiger partial charge < -0.3 is 4.42 Å². The summed E-state index contributed by atoms with van der Waals surface area (Å²) in [7, 11) is 0. The van der Waals surface area contributed by atoms with Crippen molar-refractivity contribution in [3.63, 3.8) is 0 Å². The summed E-state index contributed by atoms with van der Waals surface area (Å²) < 4.78 is 9.32. The van der Waals surface area contributed by atoms with Crippen LogP contribution in [0.25, 0.3) is 11.0 Å². The number of furan rings is 1. The summed E-state index contributed by atoms with van der Waals surface area (Å²) in [5, 5.41) is 1.13. The summed E-state index contributed by atoms with van der Waals surface area (Å²) in [5.74, 6) is 3.60. The number of para-hydroxylation sites is 1. The Hall–Kier alpha value is -1.37. The molecule has 0 saturated carbocycles. The highest BCUT2D eigenvalue weighted by atomic mass is 32.2. The molecule has 0 aliphatic carbocycles. The molecule has 0 spiro atoms. The van der Waals surface area contributed by atoms with Crippen LogP contribution in [0.15, 0.2) is 28.7 Å². The molecule has 0 saturated heterocycles. The van der Waals surface area contributed by atoms with Gasteiger partial charge in [0.15, 0.2) is 0 Å². The van der Waals surface area contributed by atoms with Crippen molar-refractivity contribution in [2.24, 2.45) is 0 Å². The zero-order valence-corrected chi connectivity index (χ0v) is 12.6. The first kappa shape index (κ1) is 14.0. The zero-order chi connectivity index (χ0) is 14.0. The molecule has 0 aliphatic rings. The van der Waals surface area contributed by atoms with E-state index in [1.807, 2.05) is 18.2 Å². The van der Waals surface area contributed by atoms with Crippen LogP contribution >= 0.6 is 11.9 Å². The van der Waals surface area contributed by atoms with E-state index in [0.717, 1.165) is 22.3 Å². The number of hydrogen-bond donors (Lipinski definition) is 1. The second-order valence-electron chi connectivity index (χ2n) is 5.52. The van der Waals surface area contributed by atoms with E-state index in [9.17, 15) is 0 Å². The Morgan fingerprint density at radius 2 is 2.00 bits per heavy atom. The molecule has 2 nitrogen and oxygen atoms in total. The molecule has 1 aromatic carbocycles. The number of benzene rings is 1. The molecule has 19 heavy (non-hydrogen) atoms. The SMILES string of the molecule is C#C[C@@H](NSC(C)(C)C)c1oc2ccccc2c1C. The first-order valence-corrected chi connectivity index (χ1v) is 7.12. The van der Waals surface area contributed by atoms with Gasteiger partial charge in [0.25, 0.3) is 0 Å². The number of fused-ring (bicyclic) bond motifs is 1. The van der Waals surface area contributed by atoms with E-state index in [1.165, 1.54) is 0 Å². The first-order valence-electron chi connectivity index (χ1n) is 6.30. The predicted molar refractivity (Wildman–Crippen MR) is 83.0 cm³/mol. The van der Waals surface area contributed by atoms with Crippen molar-refractivity contribution >= 4 is 22.9 Å². The molecule has 1 aromatic heterocycles. The molecule has 1 atom stereocenters. The Kier molecular flexibility index (Phi) is 3.93. The highest BCUT2D eigenvalue weighted by molar-refractivity contribution is 7.98. The lowest BCUT2D eigenvalue weighted by Crippen LogP contribution is -2.20. The van der Waals surface area contributed by atoms with Gasteiger partial charge in [-0.25, -0.2) is 4.72 Å².